The zero-order chi connectivity index (χ0) is 15.6. The summed E-state index contributed by atoms with van der Waals surface area (Å²) in [6.45, 7) is 11.7. The summed E-state index contributed by atoms with van der Waals surface area (Å²) < 4.78 is 0. The SMILES string of the molecule is CC(C)(C)CC(C)(C)NCc1ccc(C(N)=O)cc1Cl. The fraction of sp³-hybridized carbons (Fsp3) is 0.562. The van der Waals surface area contributed by atoms with Crippen LogP contribution in [0, 0.1) is 5.41 Å². The van der Waals surface area contributed by atoms with E-state index in [-0.39, 0.29) is 11.0 Å². The summed E-state index contributed by atoms with van der Waals surface area (Å²) in [7, 11) is 0. The Labute approximate surface area is 126 Å². The van der Waals surface area contributed by atoms with E-state index in [1.807, 2.05) is 6.07 Å². The van der Waals surface area contributed by atoms with Crippen LogP contribution in [0.4, 0.5) is 0 Å². The Hall–Kier alpha value is -1.06. The van der Waals surface area contributed by atoms with Gasteiger partial charge in [-0.3, -0.25) is 4.79 Å². The van der Waals surface area contributed by atoms with E-state index < -0.39 is 5.91 Å². The molecule has 3 nitrogen and oxygen atoms in total. The van der Waals surface area contributed by atoms with Gasteiger partial charge in [-0.25, -0.2) is 0 Å². The minimum Gasteiger partial charge on any atom is -0.366 e. The number of benzene rings is 1. The lowest BCUT2D eigenvalue weighted by Gasteiger charge is -2.33. The summed E-state index contributed by atoms with van der Waals surface area (Å²) in [5, 5.41) is 4.09. The van der Waals surface area contributed by atoms with E-state index >= 15 is 0 Å². The van der Waals surface area contributed by atoms with Gasteiger partial charge in [0, 0.05) is 22.7 Å². The Balaban J connectivity index is 2.73. The predicted molar refractivity (Wildman–Crippen MR) is 85.0 cm³/mol. The number of carbonyl (C=O) groups is 1. The van der Waals surface area contributed by atoms with E-state index in [0.29, 0.717) is 17.1 Å². The van der Waals surface area contributed by atoms with Crippen LogP contribution in [0.15, 0.2) is 18.2 Å². The van der Waals surface area contributed by atoms with Crippen LogP contribution >= 0.6 is 11.6 Å². The Morgan fingerprint density at radius 2 is 1.85 bits per heavy atom. The average molecular weight is 297 g/mol. The highest BCUT2D eigenvalue weighted by Crippen LogP contribution is 2.27. The Morgan fingerprint density at radius 1 is 1.25 bits per heavy atom. The Kier molecular flexibility index (Phi) is 5.22. The summed E-state index contributed by atoms with van der Waals surface area (Å²) in [6, 6.07) is 5.18. The molecule has 0 unspecified atom stereocenters. The molecule has 0 saturated carbocycles. The standard InChI is InChI=1S/C16H25ClN2O/c1-15(2,3)10-16(4,5)19-9-12-7-6-11(14(18)20)8-13(12)17/h6-8,19H,9-10H2,1-5H3,(H2,18,20). The van der Waals surface area contributed by atoms with Crippen LogP contribution < -0.4 is 11.1 Å². The van der Waals surface area contributed by atoms with Crippen molar-refractivity contribution in [3.05, 3.63) is 34.3 Å². The maximum Gasteiger partial charge on any atom is 0.248 e. The maximum atomic E-state index is 11.1. The molecular formula is C16H25ClN2O. The van der Waals surface area contributed by atoms with Gasteiger partial charge < -0.3 is 11.1 Å². The highest BCUT2D eigenvalue weighted by molar-refractivity contribution is 6.31. The Bertz CT molecular complexity index is 490. The quantitative estimate of drug-likeness (QED) is 0.869. The van der Waals surface area contributed by atoms with Gasteiger partial charge in [0.05, 0.1) is 0 Å². The van der Waals surface area contributed by atoms with E-state index in [9.17, 15) is 4.79 Å². The van der Waals surface area contributed by atoms with Crippen LogP contribution in [0.25, 0.3) is 0 Å². The molecule has 1 aromatic rings. The van der Waals surface area contributed by atoms with Crippen molar-refractivity contribution in [3.63, 3.8) is 0 Å². The molecule has 112 valence electrons. The molecule has 1 aromatic carbocycles. The normalized spacial score (nSPS) is 12.5. The molecule has 0 atom stereocenters. The summed E-state index contributed by atoms with van der Waals surface area (Å²) >= 11 is 6.19. The highest BCUT2D eigenvalue weighted by Gasteiger charge is 2.24. The average Bonchev–Trinajstić information content (AvgIpc) is 2.23. The molecule has 3 N–H and O–H groups in total. The topological polar surface area (TPSA) is 55.1 Å². The smallest absolute Gasteiger partial charge is 0.248 e. The van der Waals surface area contributed by atoms with Gasteiger partial charge in [0.15, 0.2) is 0 Å². The second-order valence-corrected chi connectivity index (χ2v) is 7.55. The largest absolute Gasteiger partial charge is 0.366 e. The van der Waals surface area contributed by atoms with Gasteiger partial charge in [-0.1, -0.05) is 38.4 Å². The molecule has 0 aromatic heterocycles. The van der Waals surface area contributed by atoms with Gasteiger partial charge in [-0.15, -0.1) is 0 Å². The first kappa shape index (κ1) is 17.0. The lowest BCUT2D eigenvalue weighted by atomic mass is 9.82. The lowest BCUT2D eigenvalue weighted by Crippen LogP contribution is -2.41. The summed E-state index contributed by atoms with van der Waals surface area (Å²) in [5.41, 5.74) is 6.92. The van der Waals surface area contributed by atoms with Crippen LogP contribution in [-0.2, 0) is 6.54 Å². The van der Waals surface area contributed by atoms with Crippen LogP contribution in [0.5, 0.6) is 0 Å². The van der Waals surface area contributed by atoms with Crippen molar-refractivity contribution in [2.24, 2.45) is 11.1 Å². The number of hydrogen-bond acceptors (Lipinski definition) is 2. The zero-order valence-corrected chi connectivity index (χ0v) is 13.8. The van der Waals surface area contributed by atoms with Gasteiger partial charge in [0.2, 0.25) is 5.91 Å². The van der Waals surface area contributed by atoms with Crippen molar-refractivity contribution in [1.82, 2.24) is 5.32 Å². The van der Waals surface area contributed by atoms with Gasteiger partial charge in [-0.2, -0.15) is 0 Å². The first-order valence-corrected chi connectivity index (χ1v) is 7.21. The zero-order valence-electron chi connectivity index (χ0n) is 13.0. The second kappa shape index (κ2) is 6.15. The van der Waals surface area contributed by atoms with Crippen molar-refractivity contribution in [2.75, 3.05) is 0 Å². The summed E-state index contributed by atoms with van der Waals surface area (Å²) in [4.78, 5) is 11.1. The molecule has 0 radical (unpaired) electrons. The van der Waals surface area contributed by atoms with Crippen molar-refractivity contribution in [2.45, 2.75) is 53.1 Å². The third kappa shape index (κ3) is 5.51. The van der Waals surface area contributed by atoms with Crippen LogP contribution in [0.2, 0.25) is 5.02 Å². The number of hydrogen-bond donors (Lipinski definition) is 2. The molecule has 0 fully saturated rings. The molecule has 20 heavy (non-hydrogen) atoms. The minimum atomic E-state index is -0.459. The number of nitrogens with two attached hydrogens (primary N) is 1. The number of rotatable bonds is 5. The van der Waals surface area contributed by atoms with Gasteiger partial charge >= 0.3 is 0 Å². The summed E-state index contributed by atoms with van der Waals surface area (Å²) in [5.74, 6) is -0.459. The van der Waals surface area contributed by atoms with Crippen LogP contribution in [0.3, 0.4) is 0 Å². The molecule has 0 aliphatic rings. The van der Waals surface area contributed by atoms with Crippen LogP contribution in [-0.4, -0.2) is 11.4 Å². The van der Waals surface area contributed by atoms with Crippen molar-refractivity contribution < 1.29 is 4.79 Å². The molecule has 0 aliphatic heterocycles. The molecule has 0 saturated heterocycles. The van der Waals surface area contributed by atoms with E-state index in [0.717, 1.165) is 12.0 Å². The van der Waals surface area contributed by atoms with E-state index in [1.165, 1.54) is 0 Å². The van der Waals surface area contributed by atoms with E-state index in [2.05, 4.69) is 39.9 Å². The molecule has 0 spiro atoms. The van der Waals surface area contributed by atoms with Crippen LogP contribution in [0.1, 0.15) is 57.0 Å². The predicted octanol–water partition coefficient (Wildman–Crippen LogP) is 3.74. The number of primary amides is 1. The molecule has 1 rings (SSSR count). The maximum absolute atomic E-state index is 11.1. The number of nitrogens with one attached hydrogen (secondary N) is 1. The molecule has 0 heterocycles. The van der Waals surface area contributed by atoms with Gasteiger partial charge in [0.25, 0.3) is 0 Å². The van der Waals surface area contributed by atoms with Crippen molar-refractivity contribution in [1.29, 1.82) is 0 Å². The molecular weight excluding hydrogens is 272 g/mol. The fourth-order valence-corrected chi connectivity index (χ4v) is 2.81. The number of halogens is 1. The second-order valence-electron chi connectivity index (χ2n) is 7.15. The Morgan fingerprint density at radius 3 is 2.30 bits per heavy atom. The lowest BCUT2D eigenvalue weighted by molar-refractivity contribution is 0.1000. The number of carbonyl (C=O) groups excluding carboxylic acids is 1. The molecule has 4 heteroatoms. The van der Waals surface area contributed by atoms with E-state index in [4.69, 9.17) is 17.3 Å². The highest BCUT2D eigenvalue weighted by atomic mass is 35.5. The third-order valence-corrected chi connectivity index (χ3v) is 3.42. The third-order valence-electron chi connectivity index (χ3n) is 3.07. The molecule has 0 bridgehead atoms. The first-order chi connectivity index (χ1) is 9.00. The molecule has 1 amide bonds. The summed E-state index contributed by atoms with van der Waals surface area (Å²) in [6.07, 6.45) is 1.05. The van der Waals surface area contributed by atoms with E-state index in [1.54, 1.807) is 12.1 Å². The minimum absolute atomic E-state index is 0.0178. The van der Waals surface area contributed by atoms with Crippen molar-refractivity contribution >= 4 is 17.5 Å². The van der Waals surface area contributed by atoms with Crippen molar-refractivity contribution in [3.8, 4) is 0 Å². The number of amides is 1. The first-order valence-electron chi connectivity index (χ1n) is 6.83. The van der Waals surface area contributed by atoms with Gasteiger partial charge in [0.1, 0.15) is 0 Å². The van der Waals surface area contributed by atoms with Gasteiger partial charge in [-0.05, 0) is 43.4 Å². The fourth-order valence-electron chi connectivity index (χ4n) is 2.57. The monoisotopic (exact) mass is 296 g/mol. The molecule has 0 aliphatic carbocycles.